The monoisotopic (exact) mass is 438 g/mol. The summed E-state index contributed by atoms with van der Waals surface area (Å²) in [6, 6.07) is 13.2. The van der Waals surface area contributed by atoms with Crippen molar-refractivity contribution in [3.05, 3.63) is 59.2 Å². The number of morpholine rings is 1. The molecule has 170 valence electrons. The molecule has 2 atom stereocenters. The Hall–Kier alpha value is -3.06. The van der Waals surface area contributed by atoms with Crippen molar-refractivity contribution in [3.63, 3.8) is 0 Å². The van der Waals surface area contributed by atoms with Crippen LogP contribution < -0.4 is 9.47 Å². The van der Waals surface area contributed by atoms with Gasteiger partial charge in [-0.3, -0.25) is 9.59 Å². The third kappa shape index (κ3) is 4.43. The Kier molecular flexibility index (Phi) is 6.65. The zero-order valence-corrected chi connectivity index (χ0v) is 18.9. The zero-order chi connectivity index (χ0) is 22.7. The van der Waals surface area contributed by atoms with E-state index in [4.69, 9.17) is 14.2 Å². The van der Waals surface area contributed by atoms with Crippen LogP contribution in [0.1, 0.15) is 27.4 Å². The lowest BCUT2D eigenvalue weighted by molar-refractivity contribution is -0.139. The molecule has 0 N–H and O–H groups in total. The van der Waals surface area contributed by atoms with Gasteiger partial charge in [-0.15, -0.1) is 0 Å². The predicted octanol–water partition coefficient (Wildman–Crippen LogP) is 2.73. The van der Waals surface area contributed by atoms with E-state index in [1.807, 2.05) is 54.3 Å². The maximum atomic E-state index is 13.5. The second-order valence-corrected chi connectivity index (χ2v) is 8.33. The number of nitrogens with zero attached hydrogens (tertiary/aromatic N) is 2. The van der Waals surface area contributed by atoms with Crippen molar-refractivity contribution in [1.29, 1.82) is 0 Å². The van der Waals surface area contributed by atoms with Crippen LogP contribution in [0.3, 0.4) is 0 Å². The van der Waals surface area contributed by atoms with Gasteiger partial charge in [0, 0.05) is 43.2 Å². The van der Waals surface area contributed by atoms with E-state index in [-0.39, 0.29) is 23.7 Å². The summed E-state index contributed by atoms with van der Waals surface area (Å²) in [6.45, 7) is 5.03. The van der Waals surface area contributed by atoms with Gasteiger partial charge in [0.25, 0.3) is 5.91 Å². The van der Waals surface area contributed by atoms with Gasteiger partial charge in [0.05, 0.1) is 33.4 Å². The Morgan fingerprint density at radius 2 is 1.66 bits per heavy atom. The summed E-state index contributed by atoms with van der Waals surface area (Å²) in [5.41, 5.74) is 2.62. The highest BCUT2D eigenvalue weighted by molar-refractivity contribution is 5.95. The van der Waals surface area contributed by atoms with Gasteiger partial charge in [0.15, 0.2) is 0 Å². The maximum absolute atomic E-state index is 13.5. The second kappa shape index (κ2) is 9.61. The van der Waals surface area contributed by atoms with E-state index < -0.39 is 0 Å². The van der Waals surface area contributed by atoms with Crippen molar-refractivity contribution in [2.75, 3.05) is 53.6 Å². The van der Waals surface area contributed by atoms with Crippen LogP contribution in [0.5, 0.6) is 11.5 Å². The summed E-state index contributed by atoms with van der Waals surface area (Å²) in [6.07, 6.45) is 0. The van der Waals surface area contributed by atoms with Crippen molar-refractivity contribution >= 4 is 11.8 Å². The smallest absolute Gasteiger partial charge is 0.253 e. The normalized spacial score (nSPS) is 20.8. The van der Waals surface area contributed by atoms with Crippen LogP contribution in [-0.2, 0) is 9.53 Å². The fourth-order valence-corrected chi connectivity index (χ4v) is 4.56. The minimum absolute atomic E-state index is 0.0578. The minimum atomic E-state index is -0.358. The van der Waals surface area contributed by atoms with Crippen LogP contribution in [0, 0.1) is 12.8 Å². The molecule has 2 saturated heterocycles. The van der Waals surface area contributed by atoms with Crippen LogP contribution in [0.25, 0.3) is 0 Å². The molecule has 2 aromatic rings. The predicted molar refractivity (Wildman–Crippen MR) is 120 cm³/mol. The molecule has 0 saturated carbocycles. The Bertz CT molecular complexity index is 969. The molecule has 0 aliphatic carbocycles. The first-order valence-electron chi connectivity index (χ1n) is 11.0. The zero-order valence-electron chi connectivity index (χ0n) is 18.9. The van der Waals surface area contributed by atoms with Gasteiger partial charge in [-0.05, 0) is 37.3 Å². The lowest BCUT2D eigenvalue weighted by atomic mass is 9.87. The highest BCUT2D eigenvalue weighted by atomic mass is 16.5. The van der Waals surface area contributed by atoms with E-state index in [1.165, 1.54) is 0 Å². The molecule has 0 radical (unpaired) electrons. The summed E-state index contributed by atoms with van der Waals surface area (Å²) in [5, 5.41) is 0. The average Bonchev–Trinajstić information content (AvgIpc) is 3.29. The Balaban J connectivity index is 1.67. The van der Waals surface area contributed by atoms with Crippen LogP contribution in [0.15, 0.2) is 42.5 Å². The standard InChI is InChI=1S/C25H30N2O5/c1-17-4-6-18(7-5-17)24(28)27-15-21(20-14-19(30-2)8-9-23(20)31-3)22(16-27)25(29)26-10-12-32-13-11-26/h4-9,14,21-22H,10-13,15-16H2,1-3H3/t21-,22+/m1/s1. The van der Waals surface area contributed by atoms with Gasteiger partial charge in [0.1, 0.15) is 11.5 Å². The number of hydrogen-bond acceptors (Lipinski definition) is 5. The summed E-state index contributed by atoms with van der Waals surface area (Å²) >= 11 is 0. The Morgan fingerprint density at radius 3 is 2.31 bits per heavy atom. The molecule has 7 heteroatoms. The first-order valence-corrected chi connectivity index (χ1v) is 11.0. The Morgan fingerprint density at radius 1 is 0.938 bits per heavy atom. The number of ether oxygens (including phenoxy) is 3. The van der Waals surface area contributed by atoms with Crippen molar-refractivity contribution in [2.45, 2.75) is 12.8 Å². The molecule has 4 rings (SSSR count). The topological polar surface area (TPSA) is 68.3 Å². The van der Waals surface area contributed by atoms with Crippen LogP contribution in [-0.4, -0.2) is 75.2 Å². The van der Waals surface area contributed by atoms with E-state index in [0.29, 0.717) is 56.5 Å². The van der Waals surface area contributed by atoms with Gasteiger partial charge < -0.3 is 24.0 Å². The number of benzene rings is 2. The van der Waals surface area contributed by atoms with Crippen molar-refractivity contribution < 1.29 is 23.8 Å². The first kappa shape index (κ1) is 22.1. The number of amides is 2. The van der Waals surface area contributed by atoms with E-state index in [9.17, 15) is 9.59 Å². The van der Waals surface area contributed by atoms with Crippen LogP contribution in [0.4, 0.5) is 0 Å². The first-order chi connectivity index (χ1) is 15.5. The maximum Gasteiger partial charge on any atom is 0.253 e. The fraction of sp³-hybridized carbons (Fsp3) is 0.440. The quantitative estimate of drug-likeness (QED) is 0.718. The minimum Gasteiger partial charge on any atom is -0.497 e. The van der Waals surface area contributed by atoms with Crippen LogP contribution in [0.2, 0.25) is 0 Å². The number of aryl methyl sites for hydroxylation is 1. The average molecular weight is 439 g/mol. The highest BCUT2D eigenvalue weighted by Gasteiger charge is 2.43. The molecule has 0 unspecified atom stereocenters. The van der Waals surface area contributed by atoms with Crippen molar-refractivity contribution in [2.24, 2.45) is 5.92 Å². The molecule has 2 heterocycles. The van der Waals surface area contributed by atoms with Gasteiger partial charge in [0.2, 0.25) is 5.91 Å². The largest absolute Gasteiger partial charge is 0.497 e. The molecule has 7 nitrogen and oxygen atoms in total. The number of carbonyl (C=O) groups excluding carboxylic acids is 2. The molecule has 2 aliphatic rings. The third-order valence-electron chi connectivity index (χ3n) is 6.38. The van der Waals surface area contributed by atoms with Gasteiger partial charge in [-0.2, -0.15) is 0 Å². The second-order valence-electron chi connectivity index (χ2n) is 8.33. The summed E-state index contributed by atoms with van der Waals surface area (Å²) in [5.74, 6) is 0.840. The Labute approximate surface area is 188 Å². The summed E-state index contributed by atoms with van der Waals surface area (Å²) in [7, 11) is 3.23. The lowest BCUT2D eigenvalue weighted by Gasteiger charge is -2.31. The number of methoxy groups -OCH3 is 2. The number of carbonyl (C=O) groups is 2. The molecule has 2 amide bonds. The van der Waals surface area contributed by atoms with Gasteiger partial charge in [-0.25, -0.2) is 0 Å². The van der Waals surface area contributed by atoms with Gasteiger partial charge >= 0.3 is 0 Å². The third-order valence-corrected chi connectivity index (χ3v) is 6.38. The fourth-order valence-electron chi connectivity index (χ4n) is 4.56. The highest BCUT2D eigenvalue weighted by Crippen LogP contribution is 2.40. The molecular weight excluding hydrogens is 408 g/mol. The SMILES string of the molecule is COc1ccc(OC)c([C@H]2CN(C(=O)c3ccc(C)cc3)C[C@@H]2C(=O)N2CCOCC2)c1. The van der Waals surface area contributed by atoms with E-state index >= 15 is 0 Å². The summed E-state index contributed by atoms with van der Waals surface area (Å²) < 4.78 is 16.5. The van der Waals surface area contributed by atoms with Crippen molar-refractivity contribution in [3.8, 4) is 11.5 Å². The van der Waals surface area contributed by atoms with E-state index in [0.717, 1.165) is 11.1 Å². The molecule has 2 aromatic carbocycles. The summed E-state index contributed by atoms with van der Waals surface area (Å²) in [4.78, 5) is 30.5. The molecule has 0 aromatic heterocycles. The van der Waals surface area contributed by atoms with Crippen LogP contribution >= 0.6 is 0 Å². The molecule has 0 bridgehead atoms. The molecule has 0 spiro atoms. The van der Waals surface area contributed by atoms with E-state index in [2.05, 4.69) is 0 Å². The van der Waals surface area contributed by atoms with Crippen molar-refractivity contribution in [1.82, 2.24) is 9.80 Å². The molecular formula is C25H30N2O5. The van der Waals surface area contributed by atoms with Gasteiger partial charge in [-0.1, -0.05) is 17.7 Å². The molecule has 2 aliphatic heterocycles. The number of likely N-dealkylation sites (tertiary alicyclic amines) is 1. The lowest BCUT2D eigenvalue weighted by Crippen LogP contribution is -2.45. The number of hydrogen-bond donors (Lipinski definition) is 0. The number of rotatable bonds is 5. The molecule has 32 heavy (non-hydrogen) atoms. The van der Waals surface area contributed by atoms with E-state index in [1.54, 1.807) is 19.1 Å². The molecule has 2 fully saturated rings.